The Bertz CT molecular complexity index is 388. The van der Waals surface area contributed by atoms with Crippen LogP contribution >= 0.6 is 0 Å². The second kappa shape index (κ2) is 5.01. The van der Waals surface area contributed by atoms with Crippen LogP contribution in [0.4, 0.5) is 0 Å². The summed E-state index contributed by atoms with van der Waals surface area (Å²) < 4.78 is 0. The van der Waals surface area contributed by atoms with E-state index in [1.165, 1.54) is 51.4 Å². The fourth-order valence-corrected chi connectivity index (χ4v) is 5.33. The zero-order valence-corrected chi connectivity index (χ0v) is 12.5. The van der Waals surface area contributed by atoms with Crippen LogP contribution in [-0.4, -0.2) is 25.0 Å². The molecular weight excluding hydrogens is 248 g/mol. The van der Waals surface area contributed by atoms with Gasteiger partial charge >= 0.3 is 0 Å². The lowest BCUT2D eigenvalue weighted by atomic mass is 9.79. The molecule has 1 aliphatic heterocycles. The zero-order valence-electron chi connectivity index (χ0n) is 12.5. The number of piperidine rings is 1. The molecule has 4 fully saturated rings. The number of rotatable bonds is 2. The van der Waals surface area contributed by atoms with Crippen LogP contribution in [0.2, 0.25) is 0 Å². The first-order valence-corrected chi connectivity index (χ1v) is 8.78. The highest BCUT2D eigenvalue weighted by Gasteiger charge is 2.57. The molecule has 20 heavy (non-hydrogen) atoms. The summed E-state index contributed by atoms with van der Waals surface area (Å²) in [7, 11) is 0. The largest absolute Gasteiger partial charge is 0.353 e. The lowest BCUT2D eigenvalue weighted by Gasteiger charge is -2.32. The van der Waals surface area contributed by atoms with E-state index in [0.717, 1.165) is 31.3 Å². The minimum atomic E-state index is 0.339. The maximum absolute atomic E-state index is 12.5. The van der Waals surface area contributed by atoms with Crippen molar-refractivity contribution in [2.75, 3.05) is 13.1 Å². The van der Waals surface area contributed by atoms with Crippen molar-refractivity contribution >= 4 is 5.91 Å². The molecule has 1 spiro atoms. The molecule has 112 valence electrons. The van der Waals surface area contributed by atoms with Crippen molar-refractivity contribution in [2.45, 2.75) is 63.8 Å². The van der Waals surface area contributed by atoms with Gasteiger partial charge in [-0.15, -0.1) is 0 Å². The molecule has 1 heterocycles. The third kappa shape index (κ3) is 2.28. The van der Waals surface area contributed by atoms with Crippen LogP contribution in [0.25, 0.3) is 0 Å². The molecule has 4 atom stereocenters. The molecule has 0 radical (unpaired) electrons. The highest BCUT2D eigenvalue weighted by atomic mass is 16.2. The van der Waals surface area contributed by atoms with Crippen LogP contribution in [0.1, 0.15) is 57.8 Å². The van der Waals surface area contributed by atoms with Gasteiger partial charge in [-0.05, 0) is 68.9 Å². The van der Waals surface area contributed by atoms with Gasteiger partial charge in [0, 0.05) is 12.0 Å². The quantitative estimate of drug-likeness (QED) is 0.813. The number of amides is 1. The van der Waals surface area contributed by atoms with E-state index < -0.39 is 0 Å². The first-order chi connectivity index (χ1) is 9.77. The minimum Gasteiger partial charge on any atom is -0.353 e. The molecule has 4 aliphatic rings. The Hall–Kier alpha value is -0.570. The molecule has 3 saturated carbocycles. The number of hydrogen-bond acceptors (Lipinski definition) is 2. The molecule has 1 saturated heterocycles. The summed E-state index contributed by atoms with van der Waals surface area (Å²) in [6, 6.07) is 0.487. The van der Waals surface area contributed by atoms with Gasteiger partial charge in [0.15, 0.2) is 0 Å². The van der Waals surface area contributed by atoms with Gasteiger partial charge in [-0.25, -0.2) is 0 Å². The molecule has 2 N–H and O–H groups in total. The Morgan fingerprint density at radius 3 is 2.70 bits per heavy atom. The number of carbonyl (C=O) groups is 1. The van der Waals surface area contributed by atoms with E-state index in [9.17, 15) is 4.79 Å². The molecule has 4 unspecified atom stereocenters. The summed E-state index contributed by atoms with van der Waals surface area (Å²) in [5, 5.41) is 6.82. The van der Waals surface area contributed by atoms with Crippen molar-refractivity contribution in [1.82, 2.24) is 10.6 Å². The smallest absolute Gasteiger partial charge is 0.223 e. The first-order valence-electron chi connectivity index (χ1n) is 8.78. The van der Waals surface area contributed by atoms with Crippen molar-refractivity contribution in [1.29, 1.82) is 0 Å². The van der Waals surface area contributed by atoms with Crippen molar-refractivity contribution in [2.24, 2.45) is 23.2 Å². The Balaban J connectivity index is 1.30. The SMILES string of the molecule is O=C(NC1CCC2CCCC2C1)C1CC12CCNCC2. The van der Waals surface area contributed by atoms with Crippen LogP contribution in [0.15, 0.2) is 0 Å². The minimum absolute atomic E-state index is 0.339. The summed E-state index contributed by atoms with van der Waals surface area (Å²) in [5.74, 6) is 2.63. The lowest BCUT2D eigenvalue weighted by molar-refractivity contribution is -0.124. The predicted molar refractivity (Wildman–Crippen MR) is 79.3 cm³/mol. The summed E-state index contributed by atoms with van der Waals surface area (Å²) in [5.41, 5.74) is 0.389. The number of fused-ring (bicyclic) bond motifs is 1. The normalized spacial score (nSPS) is 42.2. The molecule has 3 aliphatic carbocycles. The van der Waals surface area contributed by atoms with Crippen molar-refractivity contribution < 1.29 is 4.79 Å². The molecule has 4 rings (SSSR count). The second-order valence-corrected chi connectivity index (χ2v) is 7.84. The summed E-state index contributed by atoms with van der Waals surface area (Å²) in [6.07, 6.45) is 11.7. The Morgan fingerprint density at radius 1 is 1.05 bits per heavy atom. The molecule has 0 aromatic rings. The number of nitrogens with one attached hydrogen (secondary N) is 2. The summed E-state index contributed by atoms with van der Waals surface area (Å²) in [6.45, 7) is 2.22. The van der Waals surface area contributed by atoms with Gasteiger partial charge < -0.3 is 10.6 Å². The average Bonchev–Trinajstić information content (AvgIpc) is 2.96. The maximum atomic E-state index is 12.5. The van der Waals surface area contributed by atoms with Gasteiger partial charge in [0.2, 0.25) is 5.91 Å². The number of hydrogen-bond donors (Lipinski definition) is 2. The summed E-state index contributed by atoms with van der Waals surface area (Å²) >= 11 is 0. The van der Waals surface area contributed by atoms with E-state index in [2.05, 4.69) is 10.6 Å². The Kier molecular flexibility index (Phi) is 3.29. The van der Waals surface area contributed by atoms with Crippen LogP contribution in [0.5, 0.6) is 0 Å². The van der Waals surface area contributed by atoms with E-state index in [1.807, 2.05) is 0 Å². The van der Waals surface area contributed by atoms with Crippen LogP contribution < -0.4 is 10.6 Å². The predicted octanol–water partition coefficient (Wildman–Crippen LogP) is 2.46. The van der Waals surface area contributed by atoms with Crippen LogP contribution in [0, 0.1) is 23.2 Å². The molecule has 0 aromatic carbocycles. The lowest BCUT2D eigenvalue weighted by Crippen LogP contribution is -2.42. The monoisotopic (exact) mass is 276 g/mol. The molecule has 1 amide bonds. The zero-order chi connectivity index (χ0) is 13.6. The van der Waals surface area contributed by atoms with E-state index >= 15 is 0 Å². The van der Waals surface area contributed by atoms with E-state index in [4.69, 9.17) is 0 Å². The third-order valence-corrected chi connectivity index (χ3v) is 6.74. The molecule has 3 heteroatoms. The van der Waals surface area contributed by atoms with Crippen LogP contribution in [0.3, 0.4) is 0 Å². The number of carbonyl (C=O) groups excluding carboxylic acids is 1. The topological polar surface area (TPSA) is 41.1 Å². The van der Waals surface area contributed by atoms with Gasteiger partial charge in [-0.1, -0.05) is 19.3 Å². The van der Waals surface area contributed by atoms with Gasteiger partial charge in [0.25, 0.3) is 0 Å². The van der Waals surface area contributed by atoms with Gasteiger partial charge in [0.05, 0.1) is 0 Å². The first kappa shape index (κ1) is 13.1. The fourth-order valence-electron chi connectivity index (χ4n) is 5.33. The van der Waals surface area contributed by atoms with Gasteiger partial charge in [-0.2, -0.15) is 0 Å². The molecule has 0 aromatic heterocycles. The van der Waals surface area contributed by atoms with E-state index in [1.54, 1.807) is 0 Å². The molecular formula is C17H28N2O. The fraction of sp³-hybridized carbons (Fsp3) is 0.941. The Morgan fingerprint density at radius 2 is 1.85 bits per heavy atom. The highest BCUT2D eigenvalue weighted by Crippen LogP contribution is 2.58. The van der Waals surface area contributed by atoms with Crippen molar-refractivity contribution in [3.8, 4) is 0 Å². The van der Waals surface area contributed by atoms with Crippen molar-refractivity contribution in [3.63, 3.8) is 0 Å². The summed E-state index contributed by atoms with van der Waals surface area (Å²) in [4.78, 5) is 12.5. The average molecular weight is 276 g/mol. The maximum Gasteiger partial charge on any atom is 0.223 e. The van der Waals surface area contributed by atoms with Gasteiger partial charge in [-0.3, -0.25) is 4.79 Å². The van der Waals surface area contributed by atoms with E-state index in [-0.39, 0.29) is 0 Å². The molecule has 3 nitrogen and oxygen atoms in total. The van der Waals surface area contributed by atoms with E-state index in [0.29, 0.717) is 23.3 Å². The third-order valence-electron chi connectivity index (χ3n) is 6.74. The Labute approximate surface area is 122 Å². The van der Waals surface area contributed by atoms with Gasteiger partial charge in [0.1, 0.15) is 0 Å². The van der Waals surface area contributed by atoms with Crippen LogP contribution in [-0.2, 0) is 4.79 Å². The standard InChI is InChI=1S/C17H28N2O/c20-16(15-11-17(15)6-8-18-9-7-17)19-14-5-4-12-2-1-3-13(12)10-14/h12-15,18H,1-11H2,(H,19,20). The van der Waals surface area contributed by atoms with Crippen molar-refractivity contribution in [3.05, 3.63) is 0 Å². The molecule has 0 bridgehead atoms. The second-order valence-electron chi connectivity index (χ2n) is 7.84. The highest BCUT2D eigenvalue weighted by molar-refractivity contribution is 5.82.